The van der Waals surface area contributed by atoms with Crippen LogP contribution in [0.4, 0.5) is 0 Å². The van der Waals surface area contributed by atoms with Gasteiger partial charge < -0.3 is 4.43 Å². The molecule has 0 aliphatic rings. The summed E-state index contributed by atoms with van der Waals surface area (Å²) < 4.78 is 7.66. The highest BCUT2D eigenvalue weighted by atomic mass is 29.6. The molecule has 0 N–H and O–H groups in total. The van der Waals surface area contributed by atoms with Crippen molar-refractivity contribution in [1.29, 1.82) is 0 Å². The number of hydrogen-bond donors (Lipinski definition) is 0. The fourth-order valence-electron chi connectivity index (χ4n) is 5.48. The van der Waals surface area contributed by atoms with Gasteiger partial charge in [-0.3, -0.25) is 0 Å². The molecule has 1 radical (unpaired) electrons. The van der Waals surface area contributed by atoms with E-state index in [0.29, 0.717) is 0 Å². The standard InChI is InChI=1S/C30H35OSi3/c1-30(2,3)31-33(26-18-10-6-11-19-26,27-20-12-7-13-21-27)34(32(4)5,28-22-14-8-15-23-28)29-24-16-9-17-25-29/h6-25H,1-5H3. The van der Waals surface area contributed by atoms with Crippen molar-refractivity contribution in [2.45, 2.75) is 39.5 Å². The molecule has 0 spiro atoms. The summed E-state index contributed by atoms with van der Waals surface area (Å²) in [5.41, 5.74) is -0.295. The van der Waals surface area contributed by atoms with E-state index in [2.05, 4.69) is 155 Å². The molecule has 0 unspecified atom stereocenters. The normalized spacial score (nSPS) is 12.6. The Morgan fingerprint density at radius 3 is 1.06 bits per heavy atom. The van der Waals surface area contributed by atoms with Gasteiger partial charge in [0.25, 0.3) is 0 Å². The zero-order valence-corrected chi connectivity index (χ0v) is 24.0. The molecule has 0 saturated carbocycles. The summed E-state index contributed by atoms with van der Waals surface area (Å²) in [6.45, 7) is 11.7. The van der Waals surface area contributed by atoms with Gasteiger partial charge in [-0.1, -0.05) is 145 Å². The molecule has 173 valence electrons. The van der Waals surface area contributed by atoms with Crippen LogP contribution in [0.1, 0.15) is 20.8 Å². The Labute approximate surface area is 208 Å². The second-order valence-corrected chi connectivity index (χ2v) is 28.6. The predicted molar refractivity (Wildman–Crippen MR) is 154 cm³/mol. The Morgan fingerprint density at radius 1 is 0.500 bits per heavy atom. The monoisotopic (exact) mass is 495 g/mol. The van der Waals surface area contributed by atoms with E-state index >= 15 is 0 Å². The van der Waals surface area contributed by atoms with Gasteiger partial charge in [-0.2, -0.15) is 0 Å². The van der Waals surface area contributed by atoms with E-state index in [1.807, 2.05) is 0 Å². The minimum atomic E-state index is -2.82. The second kappa shape index (κ2) is 10.0. The summed E-state index contributed by atoms with van der Waals surface area (Å²) in [4.78, 5) is 0. The van der Waals surface area contributed by atoms with Crippen molar-refractivity contribution in [3.63, 3.8) is 0 Å². The minimum Gasteiger partial charge on any atom is -0.406 e. The van der Waals surface area contributed by atoms with E-state index in [0.717, 1.165) is 0 Å². The first-order chi connectivity index (χ1) is 16.3. The average Bonchev–Trinajstić information content (AvgIpc) is 2.85. The highest BCUT2D eigenvalue weighted by molar-refractivity contribution is 7.76. The van der Waals surface area contributed by atoms with Gasteiger partial charge in [0.2, 0.25) is 7.83 Å². The average molecular weight is 496 g/mol. The van der Waals surface area contributed by atoms with Gasteiger partial charge in [-0.05, 0) is 31.1 Å². The van der Waals surface area contributed by atoms with E-state index < -0.39 is 23.3 Å². The van der Waals surface area contributed by atoms with Crippen LogP contribution in [-0.4, -0.2) is 28.9 Å². The fourth-order valence-corrected chi connectivity index (χ4v) is 38.1. The maximum atomic E-state index is 7.66. The van der Waals surface area contributed by atoms with Gasteiger partial charge in [-0.25, -0.2) is 0 Å². The topological polar surface area (TPSA) is 9.23 Å². The molecule has 1 nitrogen and oxygen atoms in total. The molecule has 0 amide bonds. The number of hydrogen-bond acceptors (Lipinski definition) is 1. The van der Waals surface area contributed by atoms with Gasteiger partial charge in [0.15, 0.2) is 0 Å². The fraction of sp³-hybridized carbons (Fsp3) is 0.200. The Hall–Kier alpha value is -2.51. The van der Waals surface area contributed by atoms with Crippen molar-refractivity contribution in [2.24, 2.45) is 0 Å². The summed E-state index contributed by atoms with van der Waals surface area (Å²) in [6.07, 6.45) is 0. The smallest absolute Gasteiger partial charge is 0.248 e. The third-order valence-electron chi connectivity index (χ3n) is 6.51. The minimum absolute atomic E-state index is 0.295. The third-order valence-corrected chi connectivity index (χ3v) is 35.5. The highest BCUT2D eigenvalue weighted by Crippen LogP contribution is 2.29. The van der Waals surface area contributed by atoms with Gasteiger partial charge >= 0.3 is 0 Å². The van der Waals surface area contributed by atoms with Crippen LogP contribution in [0.5, 0.6) is 0 Å². The van der Waals surface area contributed by atoms with Gasteiger partial charge in [0.05, 0.1) is 0 Å². The largest absolute Gasteiger partial charge is 0.406 e. The third kappa shape index (κ3) is 4.31. The highest BCUT2D eigenvalue weighted by Gasteiger charge is 2.64. The molecule has 0 aliphatic carbocycles. The van der Waals surface area contributed by atoms with Crippen LogP contribution in [-0.2, 0) is 4.43 Å². The van der Waals surface area contributed by atoms with Crippen molar-refractivity contribution in [3.8, 4) is 0 Å². The maximum absolute atomic E-state index is 7.66. The lowest BCUT2D eigenvalue weighted by Crippen LogP contribution is -2.92. The summed E-state index contributed by atoms with van der Waals surface area (Å²) in [7, 11) is -6.18. The zero-order valence-electron chi connectivity index (χ0n) is 21.0. The van der Waals surface area contributed by atoms with E-state index in [-0.39, 0.29) is 5.60 Å². The Kier molecular flexibility index (Phi) is 7.24. The van der Waals surface area contributed by atoms with Crippen molar-refractivity contribution < 1.29 is 4.43 Å². The molecule has 0 aromatic heterocycles. The van der Waals surface area contributed by atoms with Crippen LogP contribution in [0, 0.1) is 0 Å². The van der Waals surface area contributed by atoms with Gasteiger partial charge in [-0.15, -0.1) is 0 Å². The maximum Gasteiger partial charge on any atom is 0.248 e. The Bertz CT molecular complexity index is 1090. The first-order valence-electron chi connectivity index (χ1n) is 12.1. The van der Waals surface area contributed by atoms with Crippen LogP contribution in [0.3, 0.4) is 0 Å². The van der Waals surface area contributed by atoms with E-state index in [9.17, 15) is 0 Å². The zero-order chi connectivity index (χ0) is 24.2. The van der Waals surface area contributed by atoms with Crippen LogP contribution in [0.15, 0.2) is 121 Å². The first-order valence-corrected chi connectivity index (χ1v) is 20.5. The SMILES string of the molecule is C[Si](C)[Si](c1ccccc1)(c1ccccc1)[Si](OC(C)(C)C)(c1ccccc1)c1ccccc1. The van der Waals surface area contributed by atoms with E-state index in [4.69, 9.17) is 4.43 Å². The molecule has 4 rings (SSSR count). The Balaban J connectivity index is 2.27. The lowest BCUT2D eigenvalue weighted by molar-refractivity contribution is 0.132. The molecule has 0 saturated heterocycles. The van der Waals surface area contributed by atoms with E-state index in [1.165, 1.54) is 20.7 Å². The molecule has 0 heterocycles. The van der Waals surface area contributed by atoms with Crippen LogP contribution < -0.4 is 20.7 Å². The summed E-state index contributed by atoms with van der Waals surface area (Å²) >= 11 is 0. The van der Waals surface area contributed by atoms with Gasteiger partial charge in [0, 0.05) is 13.9 Å². The van der Waals surface area contributed by atoms with Crippen molar-refractivity contribution >= 4 is 44.0 Å². The van der Waals surface area contributed by atoms with E-state index in [1.54, 1.807) is 0 Å². The molecule has 4 aromatic carbocycles. The lowest BCUT2D eigenvalue weighted by Gasteiger charge is -2.53. The van der Waals surface area contributed by atoms with Crippen LogP contribution in [0.25, 0.3) is 0 Å². The summed E-state index contributed by atoms with van der Waals surface area (Å²) in [6, 6.07) is 45.1. The summed E-state index contributed by atoms with van der Waals surface area (Å²) in [5, 5.41) is 5.73. The Morgan fingerprint density at radius 2 is 0.794 bits per heavy atom. The van der Waals surface area contributed by atoms with Crippen molar-refractivity contribution in [2.75, 3.05) is 0 Å². The predicted octanol–water partition coefficient (Wildman–Crippen LogP) is 4.74. The number of benzene rings is 4. The number of rotatable bonds is 7. The molecule has 0 bridgehead atoms. The van der Waals surface area contributed by atoms with Crippen molar-refractivity contribution in [1.82, 2.24) is 0 Å². The molecule has 34 heavy (non-hydrogen) atoms. The van der Waals surface area contributed by atoms with Crippen molar-refractivity contribution in [3.05, 3.63) is 121 Å². The molecule has 4 aromatic rings. The van der Waals surface area contributed by atoms with Crippen LogP contribution >= 0.6 is 0 Å². The first kappa shape index (κ1) is 24.6. The molecule has 4 heteroatoms. The quantitative estimate of drug-likeness (QED) is 0.337. The second-order valence-electron chi connectivity index (χ2n) is 10.1. The van der Waals surface area contributed by atoms with Gasteiger partial charge in [0.1, 0.15) is 7.11 Å². The molecular weight excluding hydrogens is 461 g/mol. The molecule has 0 fully saturated rings. The molecular formula is C30H35OSi3. The summed E-state index contributed by atoms with van der Waals surface area (Å²) in [5.74, 6) is 0. The molecule has 0 atom stereocenters. The van der Waals surface area contributed by atoms with Crippen LogP contribution in [0.2, 0.25) is 13.1 Å². The molecule has 0 aliphatic heterocycles. The lowest BCUT2D eigenvalue weighted by atomic mass is 10.2.